The first-order valence-corrected chi connectivity index (χ1v) is 4.36. The summed E-state index contributed by atoms with van der Waals surface area (Å²) in [4.78, 5) is 11.4. The van der Waals surface area contributed by atoms with Crippen LogP contribution in [0, 0.1) is 11.6 Å². The molecule has 5 heteroatoms. The SMILES string of the molecule is CC(C)(N)C(=O)Nc1ccc(F)c(F)c1. The second-order valence-electron chi connectivity index (χ2n) is 3.80. The Morgan fingerprint density at radius 3 is 2.40 bits per heavy atom. The molecular weight excluding hydrogens is 202 g/mol. The Morgan fingerprint density at radius 2 is 1.93 bits per heavy atom. The van der Waals surface area contributed by atoms with E-state index in [1.165, 1.54) is 19.9 Å². The van der Waals surface area contributed by atoms with Gasteiger partial charge < -0.3 is 11.1 Å². The van der Waals surface area contributed by atoms with Crippen molar-refractivity contribution in [2.75, 3.05) is 5.32 Å². The molecule has 0 spiro atoms. The summed E-state index contributed by atoms with van der Waals surface area (Å²) < 4.78 is 25.3. The smallest absolute Gasteiger partial charge is 0.243 e. The quantitative estimate of drug-likeness (QED) is 0.786. The van der Waals surface area contributed by atoms with Crippen LogP contribution in [0.4, 0.5) is 14.5 Å². The van der Waals surface area contributed by atoms with Crippen LogP contribution in [-0.4, -0.2) is 11.4 Å². The molecule has 0 atom stereocenters. The Kier molecular flexibility index (Phi) is 3.04. The highest BCUT2D eigenvalue weighted by molar-refractivity contribution is 5.97. The monoisotopic (exact) mass is 214 g/mol. The number of nitrogens with two attached hydrogens (primary N) is 1. The molecule has 0 saturated carbocycles. The second kappa shape index (κ2) is 3.94. The van der Waals surface area contributed by atoms with Crippen LogP contribution in [0.3, 0.4) is 0 Å². The zero-order valence-electron chi connectivity index (χ0n) is 8.47. The van der Waals surface area contributed by atoms with Gasteiger partial charge in [0.2, 0.25) is 5.91 Å². The Balaban J connectivity index is 2.83. The number of nitrogens with one attached hydrogen (secondary N) is 1. The first kappa shape index (κ1) is 11.6. The summed E-state index contributed by atoms with van der Waals surface area (Å²) in [7, 11) is 0. The Morgan fingerprint density at radius 1 is 1.33 bits per heavy atom. The Labute approximate surface area is 86.3 Å². The lowest BCUT2D eigenvalue weighted by Gasteiger charge is -2.17. The predicted molar refractivity (Wildman–Crippen MR) is 53.3 cm³/mol. The van der Waals surface area contributed by atoms with Crippen LogP contribution in [0.25, 0.3) is 0 Å². The van der Waals surface area contributed by atoms with Gasteiger partial charge in [-0.05, 0) is 26.0 Å². The third-order valence-corrected chi connectivity index (χ3v) is 1.76. The van der Waals surface area contributed by atoms with Gasteiger partial charge in [-0.15, -0.1) is 0 Å². The lowest BCUT2D eigenvalue weighted by Crippen LogP contribution is -2.45. The number of carbonyl (C=O) groups is 1. The fraction of sp³-hybridized carbons (Fsp3) is 0.300. The number of carbonyl (C=O) groups excluding carboxylic acids is 1. The van der Waals surface area contributed by atoms with Crippen LogP contribution in [0.1, 0.15) is 13.8 Å². The van der Waals surface area contributed by atoms with Crippen LogP contribution in [0.5, 0.6) is 0 Å². The molecule has 3 N–H and O–H groups in total. The van der Waals surface area contributed by atoms with Crippen molar-refractivity contribution in [2.24, 2.45) is 5.73 Å². The number of hydrogen-bond acceptors (Lipinski definition) is 2. The molecule has 1 aromatic carbocycles. The van der Waals surface area contributed by atoms with Crippen LogP contribution < -0.4 is 11.1 Å². The molecule has 3 nitrogen and oxygen atoms in total. The fourth-order valence-corrected chi connectivity index (χ4v) is 0.866. The van der Waals surface area contributed by atoms with Crippen LogP contribution >= 0.6 is 0 Å². The summed E-state index contributed by atoms with van der Waals surface area (Å²) in [5, 5.41) is 2.38. The number of rotatable bonds is 2. The van der Waals surface area contributed by atoms with Gasteiger partial charge in [0.15, 0.2) is 11.6 Å². The van der Waals surface area contributed by atoms with Gasteiger partial charge >= 0.3 is 0 Å². The number of benzene rings is 1. The van der Waals surface area contributed by atoms with E-state index in [1.807, 2.05) is 0 Å². The van der Waals surface area contributed by atoms with Gasteiger partial charge in [-0.2, -0.15) is 0 Å². The van der Waals surface area contributed by atoms with Gasteiger partial charge in [0, 0.05) is 11.8 Å². The third-order valence-electron chi connectivity index (χ3n) is 1.76. The first-order valence-electron chi connectivity index (χ1n) is 4.36. The molecule has 0 saturated heterocycles. The largest absolute Gasteiger partial charge is 0.324 e. The topological polar surface area (TPSA) is 55.1 Å². The van der Waals surface area contributed by atoms with E-state index in [9.17, 15) is 13.6 Å². The maximum Gasteiger partial charge on any atom is 0.243 e. The molecule has 0 aliphatic rings. The normalized spacial score (nSPS) is 11.3. The standard InChI is InChI=1S/C10H12F2N2O/c1-10(2,13)9(15)14-6-3-4-7(11)8(12)5-6/h3-5H,13H2,1-2H3,(H,14,15). The van der Waals surface area contributed by atoms with Gasteiger partial charge in [-0.3, -0.25) is 4.79 Å². The minimum atomic E-state index is -1.06. The molecule has 0 radical (unpaired) electrons. The maximum absolute atomic E-state index is 12.8. The zero-order chi connectivity index (χ0) is 11.6. The minimum absolute atomic E-state index is 0.178. The Bertz CT molecular complexity index is 385. The van der Waals surface area contributed by atoms with E-state index in [-0.39, 0.29) is 5.69 Å². The van der Waals surface area contributed by atoms with Crippen molar-refractivity contribution in [3.63, 3.8) is 0 Å². The molecule has 1 rings (SSSR count). The van der Waals surface area contributed by atoms with Gasteiger partial charge in [-0.25, -0.2) is 8.78 Å². The predicted octanol–water partition coefficient (Wildman–Crippen LogP) is 1.64. The first-order chi connectivity index (χ1) is 6.80. The zero-order valence-corrected chi connectivity index (χ0v) is 8.47. The van der Waals surface area contributed by atoms with Gasteiger partial charge in [-0.1, -0.05) is 0 Å². The van der Waals surface area contributed by atoms with E-state index in [1.54, 1.807) is 0 Å². The van der Waals surface area contributed by atoms with Crippen molar-refractivity contribution in [3.8, 4) is 0 Å². The van der Waals surface area contributed by atoms with Crippen molar-refractivity contribution in [1.82, 2.24) is 0 Å². The van der Waals surface area contributed by atoms with Crippen molar-refractivity contribution >= 4 is 11.6 Å². The number of halogens is 2. The van der Waals surface area contributed by atoms with E-state index in [4.69, 9.17) is 5.73 Å². The van der Waals surface area contributed by atoms with E-state index in [0.29, 0.717) is 0 Å². The van der Waals surface area contributed by atoms with Crippen LogP contribution in [-0.2, 0) is 4.79 Å². The average molecular weight is 214 g/mol. The fourth-order valence-electron chi connectivity index (χ4n) is 0.866. The molecular formula is C10H12F2N2O. The molecule has 15 heavy (non-hydrogen) atoms. The highest BCUT2D eigenvalue weighted by Gasteiger charge is 2.21. The van der Waals surface area contributed by atoms with Crippen molar-refractivity contribution in [2.45, 2.75) is 19.4 Å². The van der Waals surface area contributed by atoms with Gasteiger partial charge in [0.1, 0.15) is 0 Å². The summed E-state index contributed by atoms with van der Waals surface area (Å²) >= 11 is 0. The third kappa shape index (κ3) is 2.99. The highest BCUT2D eigenvalue weighted by Crippen LogP contribution is 2.14. The Hall–Kier alpha value is -1.49. The van der Waals surface area contributed by atoms with Crippen molar-refractivity contribution in [3.05, 3.63) is 29.8 Å². The van der Waals surface area contributed by atoms with E-state index < -0.39 is 23.1 Å². The van der Waals surface area contributed by atoms with E-state index >= 15 is 0 Å². The van der Waals surface area contributed by atoms with Gasteiger partial charge in [0.05, 0.1) is 5.54 Å². The summed E-state index contributed by atoms with van der Waals surface area (Å²) in [6.45, 7) is 3.03. The maximum atomic E-state index is 12.8. The molecule has 0 bridgehead atoms. The summed E-state index contributed by atoms with van der Waals surface area (Å²) in [5.41, 5.74) is 4.63. The average Bonchev–Trinajstić information content (AvgIpc) is 2.10. The van der Waals surface area contributed by atoms with Crippen LogP contribution in [0.2, 0.25) is 0 Å². The number of anilines is 1. The van der Waals surface area contributed by atoms with Gasteiger partial charge in [0.25, 0.3) is 0 Å². The lowest BCUT2D eigenvalue weighted by atomic mass is 10.1. The number of hydrogen-bond donors (Lipinski definition) is 2. The highest BCUT2D eigenvalue weighted by atomic mass is 19.2. The van der Waals surface area contributed by atoms with Crippen molar-refractivity contribution < 1.29 is 13.6 Å². The molecule has 0 heterocycles. The summed E-state index contributed by atoms with van der Waals surface area (Å²) in [5.74, 6) is -2.43. The number of amides is 1. The van der Waals surface area contributed by atoms with Crippen molar-refractivity contribution in [1.29, 1.82) is 0 Å². The van der Waals surface area contributed by atoms with E-state index in [0.717, 1.165) is 12.1 Å². The molecule has 1 amide bonds. The molecule has 0 aromatic heterocycles. The molecule has 0 unspecified atom stereocenters. The summed E-state index contributed by atoms with van der Waals surface area (Å²) in [6, 6.07) is 3.11. The molecule has 0 aliphatic carbocycles. The second-order valence-corrected chi connectivity index (χ2v) is 3.80. The van der Waals surface area contributed by atoms with E-state index in [2.05, 4.69) is 5.32 Å². The molecule has 0 fully saturated rings. The molecule has 82 valence electrons. The molecule has 1 aromatic rings. The summed E-state index contributed by atoms with van der Waals surface area (Å²) in [6.07, 6.45) is 0. The minimum Gasteiger partial charge on any atom is -0.324 e. The van der Waals surface area contributed by atoms with Crippen LogP contribution in [0.15, 0.2) is 18.2 Å². The molecule has 0 aliphatic heterocycles. The lowest BCUT2D eigenvalue weighted by molar-refractivity contribution is -0.120.